The Balaban J connectivity index is 1.98. The number of allylic oxidation sites excluding steroid dienone is 4. The Hall–Kier alpha value is -2.54. The Labute approximate surface area is 190 Å². The normalized spacial score (nSPS) is 22.6. The van der Waals surface area contributed by atoms with Gasteiger partial charge in [0.15, 0.2) is 0 Å². The topological polar surface area (TPSA) is 3.24 Å². The molecule has 2 aromatic rings. The molecule has 1 aliphatic rings. The van der Waals surface area contributed by atoms with Gasteiger partial charge in [0.05, 0.1) is 0 Å². The van der Waals surface area contributed by atoms with E-state index in [9.17, 15) is 0 Å². The van der Waals surface area contributed by atoms with Gasteiger partial charge < -0.3 is 4.90 Å². The molecule has 0 saturated carbocycles. The highest BCUT2D eigenvalue weighted by Gasteiger charge is 2.28. The first kappa shape index (κ1) is 23.1. The molecule has 1 heteroatoms. The van der Waals surface area contributed by atoms with E-state index in [4.69, 9.17) is 0 Å². The minimum absolute atomic E-state index is 0.371. The predicted octanol–water partition coefficient (Wildman–Crippen LogP) is 8.27. The van der Waals surface area contributed by atoms with Gasteiger partial charge in [-0.15, -0.1) is 6.58 Å². The Morgan fingerprint density at radius 2 is 1.65 bits per heavy atom. The van der Waals surface area contributed by atoms with Crippen LogP contribution < -0.4 is 4.90 Å². The van der Waals surface area contributed by atoms with Crippen LogP contribution in [-0.4, -0.2) is 13.1 Å². The molecule has 3 unspecified atom stereocenters. The van der Waals surface area contributed by atoms with Gasteiger partial charge in [-0.25, -0.2) is 0 Å². The van der Waals surface area contributed by atoms with Crippen molar-refractivity contribution in [3.8, 4) is 0 Å². The average molecular weight is 414 g/mol. The Kier molecular flexibility index (Phi) is 8.35. The lowest BCUT2D eigenvalue weighted by molar-refractivity contribution is 0.482. The zero-order chi connectivity index (χ0) is 22.2. The average Bonchev–Trinajstić information content (AvgIpc) is 2.93. The van der Waals surface area contributed by atoms with Gasteiger partial charge in [-0.1, -0.05) is 81.0 Å². The molecule has 164 valence electrons. The van der Waals surface area contributed by atoms with Crippen molar-refractivity contribution in [2.45, 2.75) is 52.9 Å². The molecular formula is C30H39N. The molecule has 0 spiro atoms. The zero-order valence-corrected chi connectivity index (χ0v) is 19.9. The predicted molar refractivity (Wildman–Crippen MR) is 138 cm³/mol. The van der Waals surface area contributed by atoms with Crippen molar-refractivity contribution in [2.24, 2.45) is 11.8 Å². The van der Waals surface area contributed by atoms with Gasteiger partial charge in [-0.3, -0.25) is 0 Å². The SMILES string of the molecule is C=CC1CC(c2ccccc2)C(C)C=C(CCC)C1=Cc1ccc(N(CC)CC)cc1. The van der Waals surface area contributed by atoms with E-state index in [0.29, 0.717) is 17.8 Å². The molecule has 0 amide bonds. The second-order valence-corrected chi connectivity index (χ2v) is 8.76. The van der Waals surface area contributed by atoms with E-state index >= 15 is 0 Å². The van der Waals surface area contributed by atoms with Crippen molar-refractivity contribution >= 4 is 11.8 Å². The second kappa shape index (κ2) is 11.2. The van der Waals surface area contributed by atoms with Crippen LogP contribution in [0.4, 0.5) is 5.69 Å². The minimum atomic E-state index is 0.371. The van der Waals surface area contributed by atoms with Gasteiger partial charge in [-0.05, 0) is 72.9 Å². The Morgan fingerprint density at radius 3 is 2.23 bits per heavy atom. The van der Waals surface area contributed by atoms with E-state index in [1.54, 1.807) is 0 Å². The summed E-state index contributed by atoms with van der Waals surface area (Å²) in [5.41, 5.74) is 6.99. The first-order valence-corrected chi connectivity index (χ1v) is 12.1. The monoisotopic (exact) mass is 413 g/mol. The molecule has 2 aromatic carbocycles. The third kappa shape index (κ3) is 5.58. The molecule has 31 heavy (non-hydrogen) atoms. The first-order valence-electron chi connectivity index (χ1n) is 12.1. The highest BCUT2D eigenvalue weighted by Crippen LogP contribution is 2.42. The smallest absolute Gasteiger partial charge is 0.0366 e. The molecule has 0 saturated heterocycles. The zero-order valence-electron chi connectivity index (χ0n) is 19.9. The van der Waals surface area contributed by atoms with Crippen LogP contribution in [0.2, 0.25) is 0 Å². The summed E-state index contributed by atoms with van der Waals surface area (Å²) in [5, 5.41) is 0. The second-order valence-electron chi connectivity index (χ2n) is 8.76. The summed E-state index contributed by atoms with van der Waals surface area (Å²) >= 11 is 0. The molecule has 0 radical (unpaired) electrons. The number of rotatable bonds is 8. The molecule has 0 N–H and O–H groups in total. The number of anilines is 1. The number of benzene rings is 2. The highest BCUT2D eigenvalue weighted by atomic mass is 15.1. The van der Waals surface area contributed by atoms with Crippen molar-refractivity contribution < 1.29 is 0 Å². The third-order valence-electron chi connectivity index (χ3n) is 6.75. The van der Waals surface area contributed by atoms with E-state index in [0.717, 1.165) is 32.4 Å². The van der Waals surface area contributed by atoms with Gasteiger partial charge >= 0.3 is 0 Å². The standard InChI is InChI=1S/C30H39N/c1-6-13-27-20-23(5)29(26-14-11-10-12-15-26)22-25(7-2)30(27)21-24-16-18-28(19-17-24)31(8-3)9-4/h7,10-12,14-21,23,25,29H,2,6,8-9,13,22H2,1,3-5H3. The summed E-state index contributed by atoms with van der Waals surface area (Å²) in [6.07, 6.45) is 10.5. The summed E-state index contributed by atoms with van der Waals surface area (Å²) in [4.78, 5) is 2.39. The summed E-state index contributed by atoms with van der Waals surface area (Å²) < 4.78 is 0. The van der Waals surface area contributed by atoms with Crippen LogP contribution >= 0.6 is 0 Å². The lowest BCUT2D eigenvalue weighted by atomic mass is 9.80. The summed E-state index contributed by atoms with van der Waals surface area (Å²) in [7, 11) is 0. The van der Waals surface area contributed by atoms with Crippen molar-refractivity contribution in [3.63, 3.8) is 0 Å². The molecule has 1 aliphatic carbocycles. The van der Waals surface area contributed by atoms with Gasteiger partial charge in [0.25, 0.3) is 0 Å². The van der Waals surface area contributed by atoms with Crippen LogP contribution in [0, 0.1) is 11.8 Å². The molecule has 3 rings (SSSR count). The van der Waals surface area contributed by atoms with Crippen molar-refractivity contribution in [3.05, 3.63) is 95.6 Å². The maximum Gasteiger partial charge on any atom is 0.0366 e. The molecule has 1 nitrogen and oxygen atoms in total. The summed E-state index contributed by atoms with van der Waals surface area (Å²) in [5.74, 6) is 1.41. The maximum atomic E-state index is 4.25. The molecule has 0 heterocycles. The molecular weight excluding hydrogens is 374 g/mol. The molecule has 0 aliphatic heterocycles. The van der Waals surface area contributed by atoms with Gasteiger partial charge in [0, 0.05) is 24.7 Å². The van der Waals surface area contributed by atoms with Crippen molar-refractivity contribution in [2.75, 3.05) is 18.0 Å². The van der Waals surface area contributed by atoms with Crippen LogP contribution in [0.1, 0.15) is 64.0 Å². The van der Waals surface area contributed by atoms with Gasteiger partial charge in [0.2, 0.25) is 0 Å². The molecule has 3 atom stereocenters. The van der Waals surface area contributed by atoms with Crippen LogP contribution in [0.3, 0.4) is 0 Å². The minimum Gasteiger partial charge on any atom is -0.372 e. The third-order valence-corrected chi connectivity index (χ3v) is 6.75. The first-order chi connectivity index (χ1) is 15.1. The fourth-order valence-corrected chi connectivity index (χ4v) is 4.99. The number of nitrogens with zero attached hydrogens (tertiary/aromatic N) is 1. The van der Waals surface area contributed by atoms with Crippen molar-refractivity contribution in [1.29, 1.82) is 0 Å². The van der Waals surface area contributed by atoms with Crippen molar-refractivity contribution in [1.82, 2.24) is 0 Å². The fourth-order valence-electron chi connectivity index (χ4n) is 4.99. The van der Waals surface area contributed by atoms with E-state index < -0.39 is 0 Å². The van der Waals surface area contributed by atoms with E-state index in [1.165, 1.54) is 28.0 Å². The largest absolute Gasteiger partial charge is 0.372 e. The highest BCUT2D eigenvalue weighted by molar-refractivity contribution is 5.63. The van der Waals surface area contributed by atoms with Crippen LogP contribution in [0.25, 0.3) is 6.08 Å². The lowest BCUT2D eigenvalue weighted by Gasteiger charge is -2.24. The van der Waals surface area contributed by atoms with Gasteiger partial charge in [0.1, 0.15) is 0 Å². The maximum absolute atomic E-state index is 4.25. The number of hydrogen-bond donors (Lipinski definition) is 0. The van der Waals surface area contributed by atoms with Crippen LogP contribution in [-0.2, 0) is 0 Å². The Bertz CT molecular complexity index is 884. The van der Waals surface area contributed by atoms with Crippen LogP contribution in [0.15, 0.2) is 84.5 Å². The fraction of sp³-hybridized carbons (Fsp3) is 0.400. The molecule has 0 fully saturated rings. The summed E-state index contributed by atoms with van der Waals surface area (Å²) in [6, 6.07) is 20.1. The summed E-state index contributed by atoms with van der Waals surface area (Å²) in [6.45, 7) is 15.4. The number of hydrogen-bond acceptors (Lipinski definition) is 1. The molecule has 0 aromatic heterocycles. The van der Waals surface area contributed by atoms with E-state index in [-0.39, 0.29) is 0 Å². The van der Waals surface area contributed by atoms with E-state index in [2.05, 4.69) is 112 Å². The van der Waals surface area contributed by atoms with Gasteiger partial charge in [-0.2, -0.15) is 0 Å². The lowest BCUT2D eigenvalue weighted by Crippen LogP contribution is -2.21. The molecule has 0 bridgehead atoms. The van der Waals surface area contributed by atoms with Crippen LogP contribution in [0.5, 0.6) is 0 Å². The quantitative estimate of drug-likeness (QED) is 0.394. The van der Waals surface area contributed by atoms with E-state index in [1.807, 2.05) is 0 Å². The Morgan fingerprint density at radius 1 is 0.968 bits per heavy atom.